The van der Waals surface area contributed by atoms with Crippen LogP contribution < -0.4 is 28.6 Å². The van der Waals surface area contributed by atoms with E-state index in [4.69, 9.17) is 18.9 Å². The Labute approximate surface area is 251 Å². The van der Waals surface area contributed by atoms with Gasteiger partial charge in [-0.2, -0.15) is 0 Å². The highest BCUT2D eigenvalue weighted by molar-refractivity contribution is 7.92. The number of amides is 2. The summed E-state index contributed by atoms with van der Waals surface area (Å²) in [6.07, 6.45) is 0.234. The van der Waals surface area contributed by atoms with Gasteiger partial charge in [-0.25, -0.2) is 12.8 Å². The number of anilines is 1. The summed E-state index contributed by atoms with van der Waals surface area (Å²) >= 11 is 0. The van der Waals surface area contributed by atoms with Crippen LogP contribution >= 0.6 is 0 Å². The zero-order chi connectivity index (χ0) is 31.7. The maximum absolute atomic E-state index is 14.3. The van der Waals surface area contributed by atoms with Crippen molar-refractivity contribution in [2.24, 2.45) is 0 Å². The predicted octanol–water partition coefficient (Wildman–Crippen LogP) is 3.61. The molecular formula is C30H36FN3O8S. The molecule has 3 rings (SSSR count). The topological polar surface area (TPSA) is 124 Å². The van der Waals surface area contributed by atoms with Crippen molar-refractivity contribution >= 4 is 27.5 Å². The average Bonchev–Trinajstić information content (AvgIpc) is 3.03. The summed E-state index contributed by atoms with van der Waals surface area (Å²) < 4.78 is 64.5. The Balaban J connectivity index is 2.19. The first-order valence-electron chi connectivity index (χ1n) is 13.3. The molecule has 13 heteroatoms. The van der Waals surface area contributed by atoms with Crippen molar-refractivity contribution in [3.63, 3.8) is 0 Å². The van der Waals surface area contributed by atoms with Gasteiger partial charge in [0.25, 0.3) is 10.0 Å². The minimum absolute atomic E-state index is 0.0275. The summed E-state index contributed by atoms with van der Waals surface area (Å²) in [6.45, 7) is 0.938. The third-order valence-corrected chi connectivity index (χ3v) is 8.53. The lowest BCUT2D eigenvalue weighted by molar-refractivity contribution is -0.140. The second kappa shape index (κ2) is 14.6. The lowest BCUT2D eigenvalue weighted by Gasteiger charge is -2.33. The molecule has 0 aromatic heterocycles. The molecule has 0 spiro atoms. The van der Waals surface area contributed by atoms with Gasteiger partial charge in [-0.1, -0.05) is 19.1 Å². The van der Waals surface area contributed by atoms with E-state index in [1.165, 1.54) is 95.0 Å². The van der Waals surface area contributed by atoms with Crippen LogP contribution in [-0.4, -0.2) is 73.2 Å². The van der Waals surface area contributed by atoms with Crippen LogP contribution in [0.15, 0.2) is 65.6 Å². The standard InChI is InChI=1S/C30H36FN3O8S/c1-7-24(30(36)32-2)33(18-20-8-10-21(31)11-9-20)29(35)19-34(25-16-22(39-3)12-14-26(25)40-4)43(37,38)23-13-15-27(41-5)28(17-23)42-6/h8-17,24H,7,18-19H2,1-6H3,(H,32,36)/t24-/m1/s1. The van der Waals surface area contributed by atoms with E-state index in [0.29, 0.717) is 17.1 Å². The number of rotatable bonds is 14. The number of methoxy groups -OCH3 is 4. The zero-order valence-corrected chi connectivity index (χ0v) is 25.7. The molecule has 0 aliphatic carbocycles. The molecule has 0 fully saturated rings. The molecule has 0 aliphatic heterocycles. The van der Waals surface area contributed by atoms with E-state index < -0.39 is 40.2 Å². The van der Waals surface area contributed by atoms with Crippen LogP contribution in [0.3, 0.4) is 0 Å². The first-order valence-corrected chi connectivity index (χ1v) is 14.7. The summed E-state index contributed by atoms with van der Waals surface area (Å²) in [6, 6.07) is 13.1. The number of nitrogens with one attached hydrogen (secondary N) is 1. The van der Waals surface area contributed by atoms with Crippen LogP contribution in [0, 0.1) is 5.82 Å². The molecule has 0 aliphatic rings. The average molecular weight is 618 g/mol. The van der Waals surface area contributed by atoms with Crippen LogP contribution in [0.5, 0.6) is 23.0 Å². The largest absolute Gasteiger partial charge is 0.497 e. The molecule has 43 heavy (non-hydrogen) atoms. The van der Waals surface area contributed by atoms with Crippen molar-refractivity contribution in [3.05, 3.63) is 72.0 Å². The molecule has 232 valence electrons. The number of ether oxygens (including phenoxy) is 4. The van der Waals surface area contributed by atoms with Gasteiger partial charge >= 0.3 is 0 Å². The first-order chi connectivity index (χ1) is 20.5. The number of carbonyl (C=O) groups excluding carboxylic acids is 2. The van der Waals surface area contributed by atoms with Gasteiger partial charge < -0.3 is 29.2 Å². The maximum atomic E-state index is 14.3. The van der Waals surface area contributed by atoms with Gasteiger partial charge in [-0.05, 0) is 48.4 Å². The van der Waals surface area contributed by atoms with Gasteiger partial charge in [0.05, 0.1) is 39.0 Å². The highest BCUT2D eigenvalue weighted by Crippen LogP contribution is 2.37. The number of likely N-dealkylation sites (N-methyl/N-ethyl adjacent to an activating group) is 1. The smallest absolute Gasteiger partial charge is 0.265 e. The van der Waals surface area contributed by atoms with E-state index >= 15 is 0 Å². The second-order valence-corrected chi connectivity index (χ2v) is 11.1. The number of hydrogen-bond donors (Lipinski definition) is 1. The van der Waals surface area contributed by atoms with Gasteiger partial charge in [0.1, 0.15) is 29.9 Å². The highest BCUT2D eigenvalue weighted by atomic mass is 32.2. The van der Waals surface area contributed by atoms with E-state index in [2.05, 4.69) is 5.32 Å². The second-order valence-electron chi connectivity index (χ2n) is 9.25. The van der Waals surface area contributed by atoms with Gasteiger partial charge in [0, 0.05) is 25.7 Å². The van der Waals surface area contributed by atoms with Gasteiger partial charge in [0.15, 0.2) is 11.5 Å². The third kappa shape index (κ3) is 7.47. The Bertz CT molecular complexity index is 1530. The van der Waals surface area contributed by atoms with E-state index in [1.807, 2.05) is 0 Å². The molecule has 2 amide bonds. The molecule has 1 atom stereocenters. The Morgan fingerprint density at radius 1 is 0.860 bits per heavy atom. The lowest BCUT2D eigenvalue weighted by atomic mass is 10.1. The van der Waals surface area contributed by atoms with E-state index in [1.54, 1.807) is 13.0 Å². The fourth-order valence-electron chi connectivity index (χ4n) is 4.48. The summed E-state index contributed by atoms with van der Waals surface area (Å²) in [5.74, 6) is -0.644. The van der Waals surface area contributed by atoms with Crippen molar-refractivity contribution in [1.29, 1.82) is 0 Å². The monoisotopic (exact) mass is 617 g/mol. The summed E-state index contributed by atoms with van der Waals surface area (Å²) in [7, 11) is 2.56. The highest BCUT2D eigenvalue weighted by Gasteiger charge is 2.35. The number of nitrogens with zero attached hydrogens (tertiary/aromatic N) is 2. The van der Waals surface area contributed by atoms with Crippen molar-refractivity contribution in [3.8, 4) is 23.0 Å². The third-order valence-electron chi connectivity index (χ3n) is 6.78. The summed E-state index contributed by atoms with van der Waals surface area (Å²) in [5.41, 5.74) is 0.574. The van der Waals surface area contributed by atoms with Crippen molar-refractivity contribution in [2.75, 3.05) is 46.3 Å². The Hall–Kier alpha value is -4.52. The first kappa shape index (κ1) is 33.0. The van der Waals surface area contributed by atoms with E-state index in [9.17, 15) is 22.4 Å². The fraction of sp³-hybridized carbons (Fsp3) is 0.333. The molecule has 0 saturated heterocycles. The summed E-state index contributed by atoms with van der Waals surface area (Å²) in [5, 5.41) is 2.56. The number of carbonyl (C=O) groups is 2. The van der Waals surface area contributed by atoms with Crippen molar-refractivity contribution in [2.45, 2.75) is 30.8 Å². The molecular weight excluding hydrogens is 581 g/mol. The Morgan fingerprint density at radius 2 is 1.49 bits per heavy atom. The molecule has 0 unspecified atom stereocenters. The molecule has 0 saturated carbocycles. The maximum Gasteiger partial charge on any atom is 0.265 e. The number of sulfonamides is 1. The Morgan fingerprint density at radius 3 is 2.05 bits per heavy atom. The number of hydrogen-bond acceptors (Lipinski definition) is 8. The van der Waals surface area contributed by atoms with Crippen LogP contribution in [-0.2, 0) is 26.2 Å². The van der Waals surface area contributed by atoms with E-state index in [-0.39, 0.29) is 35.0 Å². The molecule has 11 nitrogen and oxygen atoms in total. The zero-order valence-electron chi connectivity index (χ0n) is 24.9. The van der Waals surface area contributed by atoms with Gasteiger partial charge in [0.2, 0.25) is 11.8 Å². The van der Waals surface area contributed by atoms with Gasteiger partial charge in [-0.15, -0.1) is 0 Å². The van der Waals surface area contributed by atoms with Gasteiger partial charge in [-0.3, -0.25) is 13.9 Å². The van der Waals surface area contributed by atoms with Crippen molar-refractivity contribution in [1.82, 2.24) is 10.2 Å². The lowest BCUT2D eigenvalue weighted by Crippen LogP contribution is -2.51. The number of benzene rings is 3. The molecule has 3 aromatic rings. The predicted molar refractivity (Wildman–Crippen MR) is 159 cm³/mol. The Kier molecular flexibility index (Phi) is 11.2. The fourth-order valence-corrected chi connectivity index (χ4v) is 5.91. The minimum atomic E-state index is -4.47. The SMILES string of the molecule is CC[C@H](C(=O)NC)N(Cc1ccc(F)cc1)C(=O)CN(c1cc(OC)ccc1OC)S(=O)(=O)c1ccc(OC)c(OC)c1. The molecule has 3 aromatic carbocycles. The molecule has 0 bridgehead atoms. The molecule has 1 N–H and O–H groups in total. The number of halogens is 1. The van der Waals surface area contributed by atoms with Crippen LogP contribution in [0.4, 0.5) is 10.1 Å². The quantitative estimate of drug-likeness (QED) is 0.291. The molecule has 0 radical (unpaired) electrons. The summed E-state index contributed by atoms with van der Waals surface area (Å²) in [4.78, 5) is 28.1. The van der Waals surface area contributed by atoms with Crippen LogP contribution in [0.2, 0.25) is 0 Å². The van der Waals surface area contributed by atoms with Crippen molar-refractivity contribution < 1.29 is 41.3 Å². The normalized spacial score (nSPS) is 11.7. The van der Waals surface area contributed by atoms with Crippen LogP contribution in [0.25, 0.3) is 0 Å². The molecule has 0 heterocycles. The van der Waals surface area contributed by atoms with E-state index in [0.717, 1.165) is 4.31 Å². The minimum Gasteiger partial charge on any atom is -0.497 e. The van der Waals surface area contributed by atoms with Crippen LogP contribution in [0.1, 0.15) is 18.9 Å².